The summed E-state index contributed by atoms with van der Waals surface area (Å²) in [7, 11) is 0. The van der Waals surface area contributed by atoms with Gasteiger partial charge in [0.05, 0.1) is 16.4 Å². The lowest BCUT2D eigenvalue weighted by Gasteiger charge is -2.11. The number of imidazole rings is 1. The number of pyridine rings is 1. The molecule has 29 heavy (non-hydrogen) atoms. The zero-order chi connectivity index (χ0) is 19.4. The van der Waals surface area contributed by atoms with Gasteiger partial charge in [0.1, 0.15) is 5.82 Å². The highest BCUT2D eigenvalue weighted by Crippen LogP contribution is 2.34. The predicted molar refractivity (Wildman–Crippen MR) is 119 cm³/mol. The second-order valence-corrected chi connectivity index (χ2v) is 7.21. The molecule has 0 saturated carbocycles. The molecular formula is C26H16N2O. The molecule has 0 bridgehead atoms. The molecule has 0 atom stereocenters. The van der Waals surface area contributed by atoms with E-state index >= 15 is 0 Å². The Hall–Kier alpha value is -3.98. The molecule has 0 aliphatic heterocycles. The average Bonchev–Trinajstić information content (AvgIpc) is 3.19. The molecule has 0 N–H and O–H groups in total. The van der Waals surface area contributed by atoms with Gasteiger partial charge in [0.2, 0.25) is 0 Å². The van der Waals surface area contributed by atoms with E-state index < -0.39 is 0 Å². The van der Waals surface area contributed by atoms with Crippen LogP contribution in [-0.4, -0.2) is 9.38 Å². The van der Waals surface area contributed by atoms with Gasteiger partial charge in [-0.15, -0.1) is 0 Å². The minimum atomic E-state index is -0.0282. The van der Waals surface area contributed by atoms with Crippen molar-refractivity contribution in [2.45, 2.75) is 0 Å². The van der Waals surface area contributed by atoms with Crippen molar-refractivity contribution >= 4 is 27.2 Å². The Morgan fingerprint density at radius 2 is 1.28 bits per heavy atom. The Kier molecular flexibility index (Phi) is 3.32. The third kappa shape index (κ3) is 2.25. The SMILES string of the molecule is O=c1c2c(-c3ccccc3)cccc2c2cccc3nc(-c4ccccc4)n1c32. The Morgan fingerprint density at radius 1 is 0.621 bits per heavy atom. The molecule has 0 radical (unpaired) electrons. The van der Waals surface area contributed by atoms with Crippen molar-refractivity contribution in [1.82, 2.24) is 9.38 Å². The topological polar surface area (TPSA) is 34.4 Å². The van der Waals surface area contributed by atoms with Crippen molar-refractivity contribution in [3.05, 3.63) is 107 Å². The van der Waals surface area contributed by atoms with Crippen LogP contribution in [0.4, 0.5) is 0 Å². The van der Waals surface area contributed by atoms with Gasteiger partial charge in [0, 0.05) is 10.9 Å². The lowest BCUT2D eigenvalue weighted by molar-refractivity contribution is 1.13. The van der Waals surface area contributed by atoms with Gasteiger partial charge in [-0.25, -0.2) is 4.98 Å². The number of aromatic nitrogens is 2. The van der Waals surface area contributed by atoms with Gasteiger partial charge in [-0.1, -0.05) is 91.0 Å². The summed E-state index contributed by atoms with van der Waals surface area (Å²) in [5.41, 5.74) is 4.61. The maximum absolute atomic E-state index is 13.9. The summed E-state index contributed by atoms with van der Waals surface area (Å²) in [5.74, 6) is 0.687. The van der Waals surface area contributed by atoms with Crippen molar-refractivity contribution in [2.75, 3.05) is 0 Å². The minimum absolute atomic E-state index is 0.0282. The fourth-order valence-corrected chi connectivity index (χ4v) is 4.30. The summed E-state index contributed by atoms with van der Waals surface area (Å²) in [6.07, 6.45) is 0. The molecule has 2 heterocycles. The van der Waals surface area contributed by atoms with E-state index in [0.717, 1.165) is 43.9 Å². The summed E-state index contributed by atoms with van der Waals surface area (Å²) < 4.78 is 1.79. The molecule has 6 aromatic rings. The number of benzene rings is 4. The van der Waals surface area contributed by atoms with Gasteiger partial charge in [-0.2, -0.15) is 0 Å². The van der Waals surface area contributed by atoms with Gasteiger partial charge < -0.3 is 0 Å². The molecule has 3 nitrogen and oxygen atoms in total. The fourth-order valence-electron chi connectivity index (χ4n) is 4.30. The molecular weight excluding hydrogens is 356 g/mol. The van der Waals surface area contributed by atoms with Crippen LogP contribution in [0.25, 0.3) is 49.7 Å². The van der Waals surface area contributed by atoms with Crippen LogP contribution < -0.4 is 5.56 Å². The number of hydrogen-bond acceptors (Lipinski definition) is 2. The van der Waals surface area contributed by atoms with Crippen molar-refractivity contribution in [2.24, 2.45) is 0 Å². The van der Waals surface area contributed by atoms with Gasteiger partial charge >= 0.3 is 0 Å². The van der Waals surface area contributed by atoms with E-state index in [2.05, 4.69) is 6.07 Å². The van der Waals surface area contributed by atoms with Gasteiger partial charge in [-0.05, 0) is 22.6 Å². The Balaban J connectivity index is 1.86. The second kappa shape index (κ2) is 6.01. The zero-order valence-corrected chi connectivity index (χ0v) is 15.5. The van der Waals surface area contributed by atoms with Crippen LogP contribution in [0.1, 0.15) is 0 Å². The monoisotopic (exact) mass is 372 g/mol. The first-order chi connectivity index (χ1) is 14.3. The normalized spacial score (nSPS) is 11.6. The molecule has 3 heteroatoms. The van der Waals surface area contributed by atoms with E-state index in [9.17, 15) is 4.79 Å². The Bertz CT molecular complexity index is 1540. The van der Waals surface area contributed by atoms with Crippen LogP contribution in [0, 0.1) is 0 Å². The molecule has 4 aromatic carbocycles. The summed E-state index contributed by atoms with van der Waals surface area (Å²) in [5, 5.41) is 2.74. The van der Waals surface area contributed by atoms with E-state index in [1.54, 1.807) is 4.40 Å². The first-order valence-corrected chi connectivity index (χ1v) is 9.63. The fraction of sp³-hybridized carbons (Fsp3) is 0. The van der Waals surface area contributed by atoms with Crippen LogP contribution >= 0.6 is 0 Å². The quantitative estimate of drug-likeness (QED) is 0.362. The molecule has 0 unspecified atom stereocenters. The standard InChI is InChI=1S/C26H16N2O/c29-26-23-19(17-9-3-1-4-10-17)13-7-14-20(23)21-15-8-16-22-24(21)28(26)25(27-22)18-11-5-2-6-12-18/h1-16H. The number of nitrogens with zero attached hydrogens (tertiary/aromatic N) is 2. The molecule has 2 aromatic heterocycles. The van der Waals surface area contributed by atoms with Crippen molar-refractivity contribution in [1.29, 1.82) is 0 Å². The van der Waals surface area contributed by atoms with Crippen LogP contribution in [0.3, 0.4) is 0 Å². The van der Waals surface area contributed by atoms with Crippen LogP contribution in [-0.2, 0) is 0 Å². The first-order valence-electron chi connectivity index (χ1n) is 9.63. The lowest BCUT2D eigenvalue weighted by Crippen LogP contribution is -2.15. The molecule has 6 rings (SSSR count). The number of hydrogen-bond donors (Lipinski definition) is 0. The third-order valence-electron chi connectivity index (χ3n) is 5.56. The van der Waals surface area contributed by atoms with E-state index in [1.807, 2.05) is 91.0 Å². The second-order valence-electron chi connectivity index (χ2n) is 7.21. The maximum Gasteiger partial charge on any atom is 0.265 e. The maximum atomic E-state index is 13.9. The zero-order valence-electron chi connectivity index (χ0n) is 15.5. The molecule has 0 amide bonds. The largest absolute Gasteiger partial charge is 0.268 e. The lowest BCUT2D eigenvalue weighted by atomic mass is 9.97. The van der Waals surface area contributed by atoms with E-state index in [0.29, 0.717) is 5.82 Å². The van der Waals surface area contributed by atoms with E-state index in [-0.39, 0.29) is 5.56 Å². The van der Waals surface area contributed by atoms with Crippen molar-refractivity contribution < 1.29 is 0 Å². The van der Waals surface area contributed by atoms with Crippen LogP contribution in [0.5, 0.6) is 0 Å². The van der Waals surface area contributed by atoms with Gasteiger partial charge in [0.15, 0.2) is 0 Å². The van der Waals surface area contributed by atoms with Gasteiger partial charge in [0.25, 0.3) is 5.56 Å². The Labute approximate surface area is 166 Å². The van der Waals surface area contributed by atoms with Crippen LogP contribution in [0.2, 0.25) is 0 Å². The highest BCUT2D eigenvalue weighted by atomic mass is 16.1. The number of rotatable bonds is 2. The van der Waals surface area contributed by atoms with E-state index in [4.69, 9.17) is 4.98 Å². The molecule has 0 saturated heterocycles. The van der Waals surface area contributed by atoms with Crippen molar-refractivity contribution in [3.8, 4) is 22.5 Å². The third-order valence-corrected chi connectivity index (χ3v) is 5.56. The molecule has 0 fully saturated rings. The molecule has 0 spiro atoms. The predicted octanol–water partition coefficient (Wildman–Crippen LogP) is 5.77. The minimum Gasteiger partial charge on any atom is -0.268 e. The molecule has 0 aliphatic carbocycles. The smallest absolute Gasteiger partial charge is 0.265 e. The number of fused-ring (bicyclic) bond motifs is 2. The summed E-state index contributed by atoms with van der Waals surface area (Å²) >= 11 is 0. The summed E-state index contributed by atoms with van der Waals surface area (Å²) in [6.45, 7) is 0. The molecule has 136 valence electrons. The first kappa shape index (κ1) is 16.0. The van der Waals surface area contributed by atoms with E-state index in [1.165, 1.54) is 0 Å². The average molecular weight is 372 g/mol. The van der Waals surface area contributed by atoms with Gasteiger partial charge in [-0.3, -0.25) is 9.20 Å². The summed E-state index contributed by atoms with van der Waals surface area (Å²) in [6, 6.07) is 32.1. The Morgan fingerprint density at radius 3 is 2.03 bits per heavy atom. The van der Waals surface area contributed by atoms with Crippen molar-refractivity contribution in [3.63, 3.8) is 0 Å². The highest BCUT2D eigenvalue weighted by molar-refractivity contribution is 6.14. The summed E-state index contributed by atoms with van der Waals surface area (Å²) in [4.78, 5) is 18.7. The van der Waals surface area contributed by atoms with Crippen LogP contribution in [0.15, 0.2) is 102 Å². The highest BCUT2D eigenvalue weighted by Gasteiger charge is 2.19. The number of para-hydroxylation sites is 1. The molecule has 0 aliphatic rings.